The second-order valence-electron chi connectivity index (χ2n) is 15.2. The minimum Gasteiger partial charge on any atom is -0.497 e. The van der Waals surface area contributed by atoms with Gasteiger partial charge in [0.1, 0.15) is 22.5 Å². The van der Waals surface area contributed by atoms with E-state index < -0.39 is 48.0 Å². The molecule has 3 amide bonds. The lowest BCUT2D eigenvalue weighted by atomic mass is 9.80. The molecule has 2 aromatic rings. The number of esters is 1. The zero-order valence-electron chi connectivity index (χ0n) is 33.5. The number of nitrogens with one attached hydrogen (secondary N) is 2. The number of piperidine rings is 1. The molecular formula is C40H59N5O9S. The fraction of sp³-hybridized carbons (Fsp3) is 0.650. The number of likely N-dealkylation sites (N-methyl/N-ethyl adjacent to an activating group) is 1. The van der Waals surface area contributed by atoms with Crippen LogP contribution >= 0.6 is 11.3 Å². The minimum atomic E-state index is -0.985. The summed E-state index contributed by atoms with van der Waals surface area (Å²) in [4.78, 5) is 74.9. The first-order valence-electron chi connectivity index (χ1n) is 19.3. The number of ether oxygens (including phenoxy) is 3. The van der Waals surface area contributed by atoms with Gasteiger partial charge in [0, 0.05) is 44.5 Å². The highest BCUT2D eigenvalue weighted by Crippen LogP contribution is 2.35. The lowest BCUT2D eigenvalue weighted by molar-refractivity contribution is -0.150. The number of carboxylic acids is 1. The van der Waals surface area contributed by atoms with Gasteiger partial charge in [-0.2, -0.15) is 0 Å². The number of carboxylic acid groups (broad SMARTS) is 1. The van der Waals surface area contributed by atoms with Gasteiger partial charge in [0.15, 0.2) is 6.10 Å². The SMILES string of the molecule is CCC(C)C(NC(=O)C1CCCCN1C)C(=O)N(CCOC)[C@H](C[C@@H](OC(C)=O)c1nc(C(=O)N[C@H]2Cc3ccc(OC)cc3[C@H](C(=O)O)C2)cs1)C(C)C. The van der Waals surface area contributed by atoms with E-state index in [4.69, 9.17) is 14.2 Å². The number of hydrogen-bond donors (Lipinski definition) is 3. The smallest absolute Gasteiger partial charge is 0.311 e. The Morgan fingerprint density at radius 3 is 2.49 bits per heavy atom. The lowest BCUT2D eigenvalue weighted by Crippen LogP contribution is -2.59. The number of carbonyl (C=O) groups excluding carboxylic acids is 4. The Bertz CT molecular complexity index is 1650. The summed E-state index contributed by atoms with van der Waals surface area (Å²) in [6.07, 6.45) is 3.34. The molecule has 0 saturated carbocycles. The molecule has 0 bridgehead atoms. The van der Waals surface area contributed by atoms with Gasteiger partial charge in [0.05, 0.1) is 25.7 Å². The van der Waals surface area contributed by atoms with Crippen molar-refractivity contribution in [2.45, 2.75) is 116 Å². The number of benzene rings is 1. The molecule has 1 aliphatic heterocycles. The van der Waals surface area contributed by atoms with Crippen LogP contribution in [0.3, 0.4) is 0 Å². The van der Waals surface area contributed by atoms with Gasteiger partial charge >= 0.3 is 11.9 Å². The Morgan fingerprint density at radius 2 is 1.87 bits per heavy atom. The molecule has 1 saturated heterocycles. The van der Waals surface area contributed by atoms with Gasteiger partial charge in [-0.05, 0) is 74.4 Å². The molecule has 1 aromatic carbocycles. The van der Waals surface area contributed by atoms with Crippen LogP contribution in [0, 0.1) is 11.8 Å². The highest BCUT2D eigenvalue weighted by molar-refractivity contribution is 7.09. The molecule has 4 rings (SSSR count). The van der Waals surface area contributed by atoms with E-state index in [9.17, 15) is 29.1 Å². The van der Waals surface area contributed by atoms with E-state index in [1.807, 2.05) is 45.7 Å². The average Bonchev–Trinajstić information content (AvgIpc) is 3.66. The van der Waals surface area contributed by atoms with Crippen LogP contribution in [-0.2, 0) is 35.1 Å². The summed E-state index contributed by atoms with van der Waals surface area (Å²) >= 11 is 1.17. The number of amides is 3. The van der Waals surface area contributed by atoms with Crippen LogP contribution in [0.5, 0.6) is 5.75 Å². The first-order chi connectivity index (χ1) is 26.2. The number of thiazole rings is 1. The predicted molar refractivity (Wildman–Crippen MR) is 208 cm³/mol. The Kier molecular flexibility index (Phi) is 16.0. The summed E-state index contributed by atoms with van der Waals surface area (Å²) in [5, 5.41) is 18.1. The van der Waals surface area contributed by atoms with Crippen LogP contribution in [0.15, 0.2) is 23.6 Å². The van der Waals surface area contributed by atoms with Crippen LogP contribution in [0.25, 0.3) is 0 Å². The van der Waals surface area contributed by atoms with Crippen LogP contribution in [-0.4, -0.2) is 115 Å². The van der Waals surface area contributed by atoms with E-state index in [0.717, 1.165) is 31.4 Å². The Labute approximate surface area is 328 Å². The van der Waals surface area contributed by atoms with Crippen LogP contribution in [0.4, 0.5) is 0 Å². The Hall–Kier alpha value is -4.08. The highest BCUT2D eigenvalue weighted by Gasteiger charge is 2.39. The van der Waals surface area contributed by atoms with Crippen molar-refractivity contribution < 1.29 is 43.3 Å². The fourth-order valence-electron chi connectivity index (χ4n) is 7.64. The van der Waals surface area contributed by atoms with Gasteiger partial charge in [-0.3, -0.25) is 28.9 Å². The molecule has 14 nitrogen and oxygen atoms in total. The first-order valence-corrected chi connectivity index (χ1v) is 20.2. The van der Waals surface area contributed by atoms with E-state index in [-0.39, 0.29) is 61.4 Å². The Morgan fingerprint density at radius 1 is 1.13 bits per heavy atom. The first kappa shape index (κ1) is 43.6. The van der Waals surface area contributed by atoms with Crippen LogP contribution < -0.4 is 15.4 Å². The maximum atomic E-state index is 14.6. The van der Waals surface area contributed by atoms with Gasteiger partial charge in [0.2, 0.25) is 11.8 Å². The molecule has 0 spiro atoms. The van der Waals surface area contributed by atoms with Crippen LogP contribution in [0.2, 0.25) is 0 Å². The standard InChI is InChI=1S/C40H59N5O9S/c1-9-24(4)35(43-37(48)32-12-10-11-15-44(32)6)39(49)45(16-17-52-7)33(23(2)3)21-34(54-25(5)46)38-42-31(22-55-38)36(47)41-27-18-26-13-14-28(53-8)20-29(26)30(19-27)40(50)51/h13-14,20,22-24,27,30,32-35H,9-12,15-19,21H2,1-8H3,(H,41,47)(H,43,48)(H,50,51)/t24?,27-,30+,32?,33+,34+,35?/m0/s1. The summed E-state index contributed by atoms with van der Waals surface area (Å²) in [7, 11) is 5.03. The molecule has 3 unspecified atom stereocenters. The van der Waals surface area contributed by atoms with Crippen LogP contribution in [0.1, 0.15) is 112 Å². The van der Waals surface area contributed by atoms with Crippen molar-refractivity contribution in [1.82, 2.24) is 25.4 Å². The van der Waals surface area contributed by atoms with E-state index >= 15 is 0 Å². The number of fused-ring (bicyclic) bond motifs is 1. The zero-order chi connectivity index (χ0) is 40.4. The lowest BCUT2D eigenvalue weighted by Gasteiger charge is -2.40. The summed E-state index contributed by atoms with van der Waals surface area (Å²) in [5.41, 5.74) is 1.61. The molecular weight excluding hydrogens is 727 g/mol. The second-order valence-corrected chi connectivity index (χ2v) is 16.1. The van der Waals surface area contributed by atoms with E-state index in [0.29, 0.717) is 29.2 Å². The van der Waals surface area contributed by atoms with Crippen molar-refractivity contribution in [3.05, 3.63) is 45.4 Å². The third-order valence-corrected chi connectivity index (χ3v) is 11.9. The molecule has 1 aliphatic carbocycles. The van der Waals surface area contributed by atoms with Gasteiger partial charge in [-0.25, -0.2) is 4.98 Å². The molecule has 1 fully saturated rings. The van der Waals surface area contributed by atoms with Gasteiger partial charge in [0.25, 0.3) is 5.91 Å². The zero-order valence-corrected chi connectivity index (χ0v) is 34.3. The number of rotatable bonds is 18. The van der Waals surface area contributed by atoms with Crippen molar-refractivity contribution in [2.75, 3.05) is 41.0 Å². The summed E-state index contributed by atoms with van der Waals surface area (Å²) in [6, 6.07) is 3.35. The Balaban J connectivity index is 1.56. The molecule has 304 valence electrons. The molecule has 7 atom stereocenters. The van der Waals surface area contributed by atoms with Gasteiger partial charge in [-0.15, -0.1) is 11.3 Å². The number of hydrogen-bond acceptors (Lipinski definition) is 11. The minimum absolute atomic E-state index is 0.101. The predicted octanol–water partition coefficient (Wildman–Crippen LogP) is 4.57. The molecule has 15 heteroatoms. The third kappa shape index (κ3) is 11.3. The van der Waals surface area contributed by atoms with Gasteiger partial charge < -0.3 is 34.9 Å². The number of methoxy groups -OCH3 is 2. The van der Waals surface area contributed by atoms with Crippen molar-refractivity contribution in [1.29, 1.82) is 0 Å². The molecule has 2 aliphatic rings. The number of nitrogens with zero attached hydrogens (tertiary/aromatic N) is 3. The second kappa shape index (κ2) is 20.2. The summed E-state index contributed by atoms with van der Waals surface area (Å²) < 4.78 is 16.6. The number of likely N-dealkylation sites (tertiary alicyclic amines) is 1. The number of aliphatic carboxylic acids is 1. The largest absolute Gasteiger partial charge is 0.497 e. The summed E-state index contributed by atoms with van der Waals surface area (Å²) in [6.45, 7) is 10.6. The van der Waals surface area contributed by atoms with E-state index in [1.54, 1.807) is 29.5 Å². The topological polar surface area (TPSA) is 177 Å². The third-order valence-electron chi connectivity index (χ3n) is 11.0. The molecule has 2 heterocycles. The van der Waals surface area contributed by atoms with Gasteiger partial charge in [-0.1, -0.05) is 46.6 Å². The number of aromatic nitrogens is 1. The quantitative estimate of drug-likeness (QED) is 0.181. The molecule has 1 aromatic heterocycles. The van der Waals surface area contributed by atoms with Crippen molar-refractivity contribution in [3.8, 4) is 5.75 Å². The molecule has 0 radical (unpaired) electrons. The molecule has 55 heavy (non-hydrogen) atoms. The number of carbonyl (C=O) groups is 5. The van der Waals surface area contributed by atoms with E-state index in [2.05, 4.69) is 15.6 Å². The highest BCUT2D eigenvalue weighted by atomic mass is 32.1. The maximum Gasteiger partial charge on any atom is 0.311 e. The average molecular weight is 786 g/mol. The normalized spacial score (nSPS) is 20.7. The molecule has 3 N–H and O–H groups in total. The monoisotopic (exact) mass is 785 g/mol. The fourth-order valence-corrected chi connectivity index (χ4v) is 8.48. The van der Waals surface area contributed by atoms with Crippen molar-refractivity contribution in [3.63, 3.8) is 0 Å². The maximum absolute atomic E-state index is 14.6. The van der Waals surface area contributed by atoms with Crippen molar-refractivity contribution >= 4 is 41.0 Å². The van der Waals surface area contributed by atoms with E-state index in [1.165, 1.54) is 25.4 Å². The van der Waals surface area contributed by atoms with Crippen molar-refractivity contribution in [2.24, 2.45) is 11.8 Å². The summed E-state index contributed by atoms with van der Waals surface area (Å²) in [5.74, 6) is -2.88.